The number of aromatic nitrogens is 4. The lowest BCUT2D eigenvalue weighted by atomic mass is 9.92. The third-order valence-corrected chi connectivity index (χ3v) is 6.24. The fraction of sp³-hybridized carbons (Fsp3) is 0.292. The molecule has 0 atom stereocenters. The molecular formula is C24H24ClFN6. The topological polar surface area (TPSA) is 92.5 Å². The van der Waals surface area contributed by atoms with E-state index in [1.54, 1.807) is 18.5 Å². The highest BCUT2D eigenvalue weighted by Gasteiger charge is 2.19. The van der Waals surface area contributed by atoms with Crippen LogP contribution in [-0.2, 0) is 6.42 Å². The normalized spacial score (nSPS) is 18.7. The molecule has 0 bridgehead atoms. The number of fused-ring (bicyclic) bond motifs is 1. The van der Waals surface area contributed by atoms with Crippen molar-refractivity contribution in [3.05, 3.63) is 71.0 Å². The van der Waals surface area contributed by atoms with E-state index >= 15 is 0 Å². The maximum atomic E-state index is 13.5. The van der Waals surface area contributed by atoms with Gasteiger partial charge in [0, 0.05) is 42.0 Å². The van der Waals surface area contributed by atoms with Crippen molar-refractivity contribution in [3.63, 3.8) is 0 Å². The van der Waals surface area contributed by atoms with Crippen LogP contribution in [0.1, 0.15) is 37.1 Å². The number of anilines is 1. The predicted octanol–water partition coefficient (Wildman–Crippen LogP) is 5.09. The van der Waals surface area contributed by atoms with Gasteiger partial charge in [-0.1, -0.05) is 23.7 Å². The van der Waals surface area contributed by atoms with Gasteiger partial charge in [0.25, 0.3) is 0 Å². The van der Waals surface area contributed by atoms with Crippen molar-refractivity contribution in [3.8, 4) is 11.1 Å². The van der Waals surface area contributed by atoms with Crippen LogP contribution in [0.5, 0.6) is 0 Å². The SMILES string of the molecule is NC1CCC(Nc2cc(-c3cnc4[nH]c(Cc5cccc(F)c5)nc4c3)c(Cl)cn2)CC1. The van der Waals surface area contributed by atoms with Crippen LogP contribution in [0.25, 0.3) is 22.3 Å². The minimum Gasteiger partial charge on any atom is -0.367 e. The summed E-state index contributed by atoms with van der Waals surface area (Å²) in [5.41, 5.74) is 9.99. The molecule has 0 aliphatic heterocycles. The van der Waals surface area contributed by atoms with Crippen LogP contribution in [0, 0.1) is 5.82 Å². The lowest BCUT2D eigenvalue weighted by Crippen LogP contribution is -2.33. The van der Waals surface area contributed by atoms with Crippen molar-refractivity contribution in [1.82, 2.24) is 19.9 Å². The summed E-state index contributed by atoms with van der Waals surface area (Å²) in [5.74, 6) is 1.26. The second kappa shape index (κ2) is 8.84. The third kappa shape index (κ3) is 4.59. The highest BCUT2D eigenvalue weighted by atomic mass is 35.5. The number of hydrogen-bond donors (Lipinski definition) is 3. The minimum atomic E-state index is -0.258. The van der Waals surface area contributed by atoms with Gasteiger partial charge in [-0.15, -0.1) is 0 Å². The third-order valence-electron chi connectivity index (χ3n) is 5.94. The number of aromatic amines is 1. The van der Waals surface area contributed by atoms with Crippen molar-refractivity contribution in [1.29, 1.82) is 0 Å². The molecule has 5 rings (SSSR count). The van der Waals surface area contributed by atoms with Crippen molar-refractivity contribution < 1.29 is 4.39 Å². The second-order valence-electron chi connectivity index (χ2n) is 8.39. The molecule has 4 aromatic rings. The average molecular weight is 451 g/mol. The molecule has 1 saturated carbocycles. The van der Waals surface area contributed by atoms with Gasteiger partial charge in [0.05, 0.1) is 5.02 Å². The fourth-order valence-corrected chi connectivity index (χ4v) is 4.44. The number of rotatable bonds is 5. The standard InChI is InChI=1S/C24H24ClFN6/c25-20-13-28-22(30-18-6-4-17(27)5-7-18)11-19(20)15-10-21-24(29-12-15)32-23(31-21)9-14-2-1-3-16(26)8-14/h1-3,8,10-13,17-18H,4-7,9,27H2,(H,28,30)(H,29,31,32). The molecule has 0 spiro atoms. The molecule has 0 amide bonds. The quantitative estimate of drug-likeness (QED) is 0.394. The second-order valence-corrected chi connectivity index (χ2v) is 8.79. The summed E-state index contributed by atoms with van der Waals surface area (Å²) in [5, 5.41) is 4.07. The lowest BCUT2D eigenvalue weighted by molar-refractivity contribution is 0.410. The molecule has 8 heteroatoms. The van der Waals surface area contributed by atoms with Crippen molar-refractivity contribution >= 4 is 28.6 Å². The molecule has 32 heavy (non-hydrogen) atoms. The fourth-order valence-electron chi connectivity index (χ4n) is 4.23. The van der Waals surface area contributed by atoms with Crippen LogP contribution >= 0.6 is 11.6 Å². The van der Waals surface area contributed by atoms with Gasteiger partial charge in [-0.2, -0.15) is 0 Å². The number of H-pyrrole nitrogens is 1. The maximum absolute atomic E-state index is 13.5. The zero-order valence-corrected chi connectivity index (χ0v) is 18.2. The molecule has 0 saturated heterocycles. The maximum Gasteiger partial charge on any atom is 0.157 e. The number of nitrogens with two attached hydrogens (primary N) is 1. The van der Waals surface area contributed by atoms with Gasteiger partial charge in [-0.25, -0.2) is 19.3 Å². The smallest absolute Gasteiger partial charge is 0.157 e. The Hall–Kier alpha value is -3.03. The Morgan fingerprint density at radius 2 is 1.94 bits per heavy atom. The van der Waals surface area contributed by atoms with E-state index < -0.39 is 0 Å². The van der Waals surface area contributed by atoms with Gasteiger partial charge in [-0.3, -0.25) is 0 Å². The molecule has 164 valence electrons. The van der Waals surface area contributed by atoms with Crippen molar-refractivity contribution in [2.45, 2.75) is 44.2 Å². The van der Waals surface area contributed by atoms with Gasteiger partial charge >= 0.3 is 0 Å². The van der Waals surface area contributed by atoms with Crippen LogP contribution in [0.4, 0.5) is 10.2 Å². The number of pyridine rings is 2. The molecule has 4 N–H and O–H groups in total. The first kappa shape index (κ1) is 20.8. The summed E-state index contributed by atoms with van der Waals surface area (Å²) in [6.07, 6.45) is 8.06. The molecule has 1 aliphatic carbocycles. The largest absolute Gasteiger partial charge is 0.367 e. The predicted molar refractivity (Wildman–Crippen MR) is 125 cm³/mol. The number of nitrogens with zero attached hydrogens (tertiary/aromatic N) is 3. The van der Waals surface area contributed by atoms with E-state index in [2.05, 4.69) is 25.3 Å². The highest BCUT2D eigenvalue weighted by Crippen LogP contribution is 2.31. The van der Waals surface area contributed by atoms with E-state index in [0.29, 0.717) is 29.2 Å². The molecule has 0 radical (unpaired) electrons. The molecule has 0 unspecified atom stereocenters. The van der Waals surface area contributed by atoms with Crippen LogP contribution in [0.15, 0.2) is 48.8 Å². The number of hydrogen-bond acceptors (Lipinski definition) is 5. The number of halogens is 2. The van der Waals surface area contributed by atoms with Gasteiger partial charge in [0.2, 0.25) is 0 Å². The molecule has 3 aromatic heterocycles. The first-order valence-corrected chi connectivity index (χ1v) is 11.2. The van der Waals surface area contributed by atoms with Crippen LogP contribution < -0.4 is 11.1 Å². The van der Waals surface area contributed by atoms with Crippen molar-refractivity contribution in [2.24, 2.45) is 5.73 Å². The zero-order chi connectivity index (χ0) is 22.1. The molecular weight excluding hydrogens is 427 g/mol. The Morgan fingerprint density at radius 3 is 2.75 bits per heavy atom. The van der Waals surface area contributed by atoms with E-state index in [9.17, 15) is 4.39 Å². The number of imidazole rings is 1. The summed E-state index contributed by atoms with van der Waals surface area (Å²) in [6.45, 7) is 0. The summed E-state index contributed by atoms with van der Waals surface area (Å²) in [4.78, 5) is 16.8. The van der Waals surface area contributed by atoms with Crippen LogP contribution in [0.3, 0.4) is 0 Å². The van der Waals surface area contributed by atoms with Crippen LogP contribution in [0.2, 0.25) is 5.02 Å². The van der Waals surface area contributed by atoms with E-state index in [0.717, 1.165) is 59.5 Å². The Bertz CT molecular complexity index is 1250. The summed E-state index contributed by atoms with van der Waals surface area (Å²) >= 11 is 6.47. The van der Waals surface area contributed by atoms with Gasteiger partial charge < -0.3 is 16.0 Å². The van der Waals surface area contributed by atoms with Crippen LogP contribution in [-0.4, -0.2) is 32.0 Å². The van der Waals surface area contributed by atoms with Gasteiger partial charge in [-0.05, 0) is 55.5 Å². The first-order valence-electron chi connectivity index (χ1n) is 10.8. The van der Waals surface area contributed by atoms with E-state index in [4.69, 9.17) is 17.3 Å². The number of benzene rings is 1. The zero-order valence-electron chi connectivity index (χ0n) is 17.5. The number of nitrogens with one attached hydrogen (secondary N) is 2. The monoisotopic (exact) mass is 450 g/mol. The Kier molecular flexibility index (Phi) is 5.76. The average Bonchev–Trinajstić information content (AvgIpc) is 3.18. The Balaban J connectivity index is 1.39. The molecule has 3 heterocycles. The Morgan fingerprint density at radius 1 is 1.09 bits per heavy atom. The summed E-state index contributed by atoms with van der Waals surface area (Å²) in [7, 11) is 0. The molecule has 1 aliphatic rings. The Labute approximate surface area is 190 Å². The highest BCUT2D eigenvalue weighted by molar-refractivity contribution is 6.33. The lowest BCUT2D eigenvalue weighted by Gasteiger charge is -2.27. The summed E-state index contributed by atoms with van der Waals surface area (Å²) in [6, 6.07) is 11.1. The van der Waals surface area contributed by atoms with Gasteiger partial charge in [0.15, 0.2) is 5.65 Å². The minimum absolute atomic E-state index is 0.258. The molecule has 1 fully saturated rings. The van der Waals surface area contributed by atoms with E-state index in [1.165, 1.54) is 12.1 Å². The molecule has 6 nitrogen and oxygen atoms in total. The van der Waals surface area contributed by atoms with Crippen molar-refractivity contribution in [2.75, 3.05) is 5.32 Å². The van der Waals surface area contributed by atoms with E-state index in [1.807, 2.05) is 18.2 Å². The first-order chi connectivity index (χ1) is 15.5. The summed E-state index contributed by atoms with van der Waals surface area (Å²) < 4.78 is 13.5. The van der Waals surface area contributed by atoms with E-state index in [-0.39, 0.29) is 5.82 Å². The molecule has 1 aromatic carbocycles. The van der Waals surface area contributed by atoms with Gasteiger partial charge in [0.1, 0.15) is 23.0 Å².